The van der Waals surface area contributed by atoms with Crippen molar-refractivity contribution in [2.24, 2.45) is 5.92 Å². The first-order chi connectivity index (χ1) is 16.2. The molecule has 0 saturated heterocycles. The summed E-state index contributed by atoms with van der Waals surface area (Å²) in [7, 11) is 1.75. The van der Waals surface area contributed by atoms with Crippen molar-refractivity contribution in [3.05, 3.63) is 29.1 Å². The molecule has 2 aromatic rings. The van der Waals surface area contributed by atoms with Gasteiger partial charge in [0.15, 0.2) is 5.76 Å². The molecule has 1 fully saturated rings. The van der Waals surface area contributed by atoms with Gasteiger partial charge in [0.2, 0.25) is 0 Å². The summed E-state index contributed by atoms with van der Waals surface area (Å²) >= 11 is 0. The number of aromatic nitrogens is 2. The van der Waals surface area contributed by atoms with E-state index in [-0.39, 0.29) is 30.8 Å². The number of rotatable bonds is 9. The van der Waals surface area contributed by atoms with E-state index in [1.165, 1.54) is 0 Å². The van der Waals surface area contributed by atoms with E-state index in [9.17, 15) is 14.7 Å². The summed E-state index contributed by atoms with van der Waals surface area (Å²) in [6.07, 6.45) is 4.03. The minimum absolute atomic E-state index is 0.0334. The van der Waals surface area contributed by atoms with Crippen LogP contribution in [0.25, 0.3) is 11.5 Å². The minimum atomic E-state index is -0.765. The maximum atomic E-state index is 12.5. The van der Waals surface area contributed by atoms with Crippen LogP contribution >= 0.6 is 0 Å². The molecule has 0 aliphatic heterocycles. The van der Waals surface area contributed by atoms with Crippen molar-refractivity contribution in [1.29, 1.82) is 0 Å². The predicted molar refractivity (Wildman–Crippen MR) is 126 cm³/mol. The Morgan fingerprint density at radius 1 is 1.21 bits per heavy atom. The van der Waals surface area contributed by atoms with Crippen LogP contribution in [0.15, 0.2) is 16.7 Å². The van der Waals surface area contributed by atoms with Gasteiger partial charge in [-0.3, -0.25) is 4.79 Å². The molecule has 0 spiro atoms. The summed E-state index contributed by atoms with van der Waals surface area (Å²) < 4.78 is 17.2. The molecule has 34 heavy (non-hydrogen) atoms. The Balaban J connectivity index is 1.70. The molecular formula is C25H35N3O6. The Morgan fingerprint density at radius 3 is 2.59 bits per heavy atom. The van der Waals surface area contributed by atoms with Crippen molar-refractivity contribution >= 4 is 12.1 Å². The zero-order valence-corrected chi connectivity index (χ0v) is 20.7. The number of carboxylic acid groups (broad SMARTS) is 1. The highest BCUT2D eigenvalue weighted by atomic mass is 16.6. The van der Waals surface area contributed by atoms with E-state index in [1.807, 2.05) is 26.8 Å². The van der Waals surface area contributed by atoms with Crippen LogP contribution in [0.1, 0.15) is 69.3 Å². The van der Waals surface area contributed by atoms with Crippen LogP contribution in [-0.2, 0) is 16.1 Å². The SMILES string of the molecule is CCC(CC)N(C)C(=O)OCc1c(C)noc1-c1ccc(O[C@H]2CCC[C@H](C(=O)O)C2)c(C)n1. The van der Waals surface area contributed by atoms with Gasteiger partial charge in [0.1, 0.15) is 18.1 Å². The molecule has 1 aliphatic carbocycles. The molecule has 9 nitrogen and oxygen atoms in total. The van der Waals surface area contributed by atoms with Crippen LogP contribution in [0.5, 0.6) is 5.75 Å². The van der Waals surface area contributed by atoms with Crippen LogP contribution in [0.3, 0.4) is 0 Å². The number of carboxylic acids is 1. The number of aliphatic carboxylic acids is 1. The number of amides is 1. The smallest absolute Gasteiger partial charge is 0.410 e. The molecule has 1 amide bonds. The Kier molecular flexibility index (Phi) is 8.52. The fraction of sp³-hybridized carbons (Fsp3) is 0.600. The maximum Gasteiger partial charge on any atom is 0.410 e. The van der Waals surface area contributed by atoms with Gasteiger partial charge in [-0.05, 0) is 64.5 Å². The zero-order valence-electron chi connectivity index (χ0n) is 20.7. The summed E-state index contributed by atoms with van der Waals surface area (Å²) in [5.41, 5.74) is 2.54. The van der Waals surface area contributed by atoms with Crippen LogP contribution in [0.2, 0.25) is 0 Å². The van der Waals surface area contributed by atoms with E-state index in [4.69, 9.17) is 14.0 Å². The normalized spacial score (nSPS) is 18.1. The Morgan fingerprint density at radius 2 is 1.94 bits per heavy atom. The summed E-state index contributed by atoms with van der Waals surface area (Å²) in [4.78, 5) is 30.1. The first-order valence-electron chi connectivity index (χ1n) is 12.0. The number of nitrogens with zero attached hydrogens (tertiary/aromatic N) is 3. The monoisotopic (exact) mass is 473 g/mol. The molecule has 0 unspecified atom stereocenters. The first kappa shape index (κ1) is 25.5. The lowest BCUT2D eigenvalue weighted by Gasteiger charge is -2.27. The van der Waals surface area contributed by atoms with Gasteiger partial charge in [0, 0.05) is 13.1 Å². The molecule has 1 aliphatic rings. The van der Waals surface area contributed by atoms with Gasteiger partial charge in [-0.25, -0.2) is 9.78 Å². The van der Waals surface area contributed by atoms with Gasteiger partial charge in [0.05, 0.1) is 29.0 Å². The Labute approximate surface area is 200 Å². The van der Waals surface area contributed by atoms with Crippen LogP contribution < -0.4 is 4.74 Å². The third-order valence-electron chi connectivity index (χ3n) is 6.64. The van der Waals surface area contributed by atoms with Crippen molar-refractivity contribution in [3.63, 3.8) is 0 Å². The number of carbonyl (C=O) groups excluding carboxylic acids is 1. The van der Waals surface area contributed by atoms with E-state index < -0.39 is 5.97 Å². The van der Waals surface area contributed by atoms with Crippen LogP contribution in [0.4, 0.5) is 4.79 Å². The largest absolute Gasteiger partial charge is 0.489 e. The highest BCUT2D eigenvalue weighted by molar-refractivity contribution is 5.70. The van der Waals surface area contributed by atoms with E-state index in [0.29, 0.717) is 47.0 Å². The minimum Gasteiger partial charge on any atom is -0.489 e. The van der Waals surface area contributed by atoms with E-state index in [0.717, 1.165) is 25.7 Å². The molecule has 2 atom stereocenters. The van der Waals surface area contributed by atoms with Gasteiger partial charge in [-0.1, -0.05) is 19.0 Å². The molecule has 186 valence electrons. The molecule has 2 aromatic heterocycles. The third-order valence-corrected chi connectivity index (χ3v) is 6.64. The highest BCUT2D eigenvalue weighted by Gasteiger charge is 2.29. The van der Waals surface area contributed by atoms with Gasteiger partial charge < -0.3 is 24.0 Å². The second-order valence-electron chi connectivity index (χ2n) is 8.93. The summed E-state index contributed by atoms with van der Waals surface area (Å²) in [5, 5.41) is 13.4. The third kappa shape index (κ3) is 5.87. The van der Waals surface area contributed by atoms with E-state index in [2.05, 4.69) is 10.1 Å². The summed E-state index contributed by atoms with van der Waals surface area (Å²) in [6.45, 7) is 7.75. The van der Waals surface area contributed by atoms with Gasteiger partial charge >= 0.3 is 12.1 Å². The molecule has 0 radical (unpaired) electrons. The fourth-order valence-corrected chi connectivity index (χ4v) is 4.44. The summed E-state index contributed by atoms with van der Waals surface area (Å²) in [5.74, 6) is -0.0548. The van der Waals surface area contributed by atoms with Crippen LogP contribution in [0, 0.1) is 19.8 Å². The van der Waals surface area contributed by atoms with Gasteiger partial charge in [-0.2, -0.15) is 0 Å². The second kappa shape index (κ2) is 11.4. The van der Waals surface area contributed by atoms with Crippen LogP contribution in [-0.4, -0.2) is 51.4 Å². The molecule has 1 N–H and O–H groups in total. The molecule has 9 heteroatoms. The number of hydrogen-bond donors (Lipinski definition) is 1. The van der Waals surface area contributed by atoms with E-state index >= 15 is 0 Å². The van der Waals surface area contributed by atoms with Gasteiger partial charge in [0.25, 0.3) is 0 Å². The molecule has 3 rings (SSSR count). The first-order valence-corrected chi connectivity index (χ1v) is 12.0. The molecule has 0 bridgehead atoms. The molecule has 2 heterocycles. The zero-order chi connectivity index (χ0) is 24.8. The quantitative estimate of drug-likeness (QED) is 0.533. The highest BCUT2D eigenvalue weighted by Crippen LogP contribution is 2.32. The van der Waals surface area contributed by atoms with Crippen molar-refractivity contribution in [3.8, 4) is 17.2 Å². The summed E-state index contributed by atoms with van der Waals surface area (Å²) in [6, 6.07) is 3.72. The number of hydrogen-bond acceptors (Lipinski definition) is 7. The van der Waals surface area contributed by atoms with Crippen molar-refractivity contribution in [2.75, 3.05) is 7.05 Å². The predicted octanol–water partition coefficient (Wildman–Crippen LogP) is 5.13. The maximum absolute atomic E-state index is 12.5. The number of ether oxygens (including phenoxy) is 2. The lowest BCUT2D eigenvalue weighted by atomic mass is 9.87. The second-order valence-corrected chi connectivity index (χ2v) is 8.93. The van der Waals surface area contributed by atoms with Gasteiger partial charge in [-0.15, -0.1) is 0 Å². The fourth-order valence-electron chi connectivity index (χ4n) is 4.44. The lowest BCUT2D eigenvalue weighted by molar-refractivity contribution is -0.143. The number of aryl methyl sites for hydroxylation is 2. The number of carbonyl (C=O) groups is 2. The topological polar surface area (TPSA) is 115 Å². The van der Waals surface area contributed by atoms with Crippen molar-refractivity contribution in [2.45, 2.75) is 85.0 Å². The molecule has 0 aromatic carbocycles. The van der Waals surface area contributed by atoms with E-state index in [1.54, 1.807) is 24.9 Å². The standard InChI is InChI=1S/C25H35N3O6/c1-6-18(7-2)28(5)25(31)32-14-20-15(3)27-34-23(20)21-11-12-22(16(4)26-21)33-19-10-8-9-17(13-19)24(29)30/h11-12,17-19H,6-10,13-14H2,1-5H3,(H,29,30)/t17-,19-/m0/s1. The Hall–Kier alpha value is -3.10. The molecule has 1 saturated carbocycles. The van der Waals surface area contributed by atoms with Crippen molar-refractivity contribution < 1.29 is 28.7 Å². The average molecular weight is 474 g/mol. The lowest BCUT2D eigenvalue weighted by Crippen LogP contribution is -2.36. The number of pyridine rings is 1. The van der Waals surface area contributed by atoms with Crippen molar-refractivity contribution in [1.82, 2.24) is 15.0 Å². The molecular weight excluding hydrogens is 438 g/mol. The Bertz CT molecular complexity index is 1000. The average Bonchev–Trinajstić information content (AvgIpc) is 3.19.